The van der Waals surface area contributed by atoms with Gasteiger partial charge in [0, 0.05) is 26.9 Å². The minimum absolute atomic E-state index is 0.105. The van der Waals surface area contributed by atoms with Crippen LogP contribution in [0.15, 0.2) is 72.3 Å². The largest absolute Gasteiger partial charge is 0.484 e. The fourth-order valence-corrected chi connectivity index (χ4v) is 3.76. The van der Waals surface area contributed by atoms with E-state index in [4.69, 9.17) is 27.9 Å². The van der Waals surface area contributed by atoms with Gasteiger partial charge in [-0.2, -0.15) is 0 Å². The molecule has 3 aromatic rings. The molecule has 1 amide bonds. The summed E-state index contributed by atoms with van der Waals surface area (Å²) >= 11 is 11.8. The predicted octanol–water partition coefficient (Wildman–Crippen LogP) is 5.47. The van der Waals surface area contributed by atoms with Crippen molar-refractivity contribution in [1.82, 2.24) is 0 Å². The van der Waals surface area contributed by atoms with Crippen LogP contribution in [0.3, 0.4) is 0 Å². The molecule has 0 heterocycles. The first-order chi connectivity index (χ1) is 14.9. The maximum absolute atomic E-state index is 12.5. The van der Waals surface area contributed by atoms with Gasteiger partial charge in [0.15, 0.2) is 18.2 Å². The number of fused-ring (bicyclic) bond motifs is 1. The molecule has 0 atom stereocenters. The van der Waals surface area contributed by atoms with Crippen molar-refractivity contribution in [3.05, 3.63) is 99.0 Å². The zero-order valence-electron chi connectivity index (χ0n) is 16.0. The Morgan fingerprint density at radius 1 is 0.871 bits per heavy atom. The third-order valence-electron chi connectivity index (χ3n) is 4.59. The molecule has 4 rings (SSSR count). The number of hydrogen-bond donors (Lipinski definition) is 1. The first-order valence-electron chi connectivity index (χ1n) is 9.29. The molecule has 5 nitrogen and oxygen atoms in total. The van der Waals surface area contributed by atoms with E-state index in [9.17, 15) is 14.4 Å². The molecule has 0 saturated carbocycles. The third-order valence-corrected chi connectivity index (χ3v) is 5.03. The Balaban J connectivity index is 1.44. The molecule has 0 saturated heterocycles. The second-order valence-electron chi connectivity index (χ2n) is 6.83. The number of nitrogens with one attached hydrogen (secondary N) is 1. The zero-order chi connectivity index (χ0) is 22.0. The number of carbonyl (C=O) groups excluding carboxylic acids is 3. The van der Waals surface area contributed by atoms with Crippen molar-refractivity contribution < 1.29 is 19.1 Å². The van der Waals surface area contributed by atoms with Crippen LogP contribution >= 0.6 is 23.2 Å². The van der Waals surface area contributed by atoms with Crippen molar-refractivity contribution >= 4 is 52.4 Å². The van der Waals surface area contributed by atoms with Crippen LogP contribution in [0.5, 0.6) is 5.75 Å². The van der Waals surface area contributed by atoms with Crippen molar-refractivity contribution in [2.45, 2.75) is 0 Å². The lowest BCUT2D eigenvalue weighted by Crippen LogP contribution is -2.20. The van der Waals surface area contributed by atoms with Gasteiger partial charge < -0.3 is 10.1 Å². The second kappa shape index (κ2) is 8.76. The molecule has 0 aliphatic heterocycles. The van der Waals surface area contributed by atoms with Crippen molar-refractivity contribution in [2.75, 3.05) is 11.9 Å². The molecule has 0 radical (unpaired) electrons. The molecule has 3 aromatic carbocycles. The molecule has 1 aliphatic rings. The number of amides is 1. The van der Waals surface area contributed by atoms with Crippen molar-refractivity contribution in [3.8, 4) is 5.75 Å². The molecular formula is C24H15Cl2NO4. The van der Waals surface area contributed by atoms with E-state index in [1.807, 2.05) is 0 Å². The van der Waals surface area contributed by atoms with Crippen LogP contribution in [0.4, 0.5) is 5.69 Å². The number of Topliss-reactive ketones (excluding diaryl/α,β-unsaturated/α-hetero) is 2. The highest BCUT2D eigenvalue weighted by Crippen LogP contribution is 2.28. The van der Waals surface area contributed by atoms with Crippen molar-refractivity contribution in [2.24, 2.45) is 0 Å². The first-order valence-corrected chi connectivity index (χ1v) is 10.1. The maximum atomic E-state index is 12.5. The molecule has 31 heavy (non-hydrogen) atoms. The Kier molecular flexibility index (Phi) is 5.89. The highest BCUT2D eigenvalue weighted by Gasteiger charge is 2.32. The van der Waals surface area contributed by atoms with E-state index in [0.717, 1.165) is 0 Å². The maximum Gasteiger partial charge on any atom is 0.262 e. The number of benzene rings is 3. The number of allylic oxidation sites excluding steroid dienone is 1. The van der Waals surface area contributed by atoms with Crippen LogP contribution in [0.1, 0.15) is 26.3 Å². The summed E-state index contributed by atoms with van der Waals surface area (Å²) in [6, 6.07) is 18.2. The van der Waals surface area contributed by atoms with Gasteiger partial charge in [-0.05, 0) is 42.0 Å². The summed E-state index contributed by atoms with van der Waals surface area (Å²) in [5.74, 6) is -0.569. The molecule has 1 N–H and O–H groups in total. The van der Waals surface area contributed by atoms with Gasteiger partial charge in [0.05, 0.1) is 5.57 Å². The van der Waals surface area contributed by atoms with E-state index in [-0.39, 0.29) is 23.7 Å². The summed E-state index contributed by atoms with van der Waals surface area (Å²) in [4.78, 5) is 37.2. The predicted molar refractivity (Wildman–Crippen MR) is 120 cm³/mol. The normalized spacial score (nSPS) is 12.5. The van der Waals surface area contributed by atoms with Crippen LogP contribution in [-0.2, 0) is 4.79 Å². The highest BCUT2D eigenvalue weighted by molar-refractivity contribution is 6.41. The first kappa shape index (κ1) is 20.8. The SMILES string of the molecule is O=C(COc1cccc(C=C2C(=O)c3ccccc3C2=O)c1)Nc1cc(Cl)cc(Cl)c1. The molecular weight excluding hydrogens is 437 g/mol. The Morgan fingerprint density at radius 2 is 1.52 bits per heavy atom. The quantitative estimate of drug-likeness (QED) is 0.412. The van der Waals surface area contributed by atoms with Crippen LogP contribution in [0.25, 0.3) is 6.08 Å². The van der Waals surface area contributed by atoms with Crippen LogP contribution in [-0.4, -0.2) is 24.1 Å². The summed E-state index contributed by atoms with van der Waals surface area (Å²) in [7, 11) is 0. The minimum Gasteiger partial charge on any atom is -0.484 e. The number of rotatable bonds is 5. The van der Waals surface area contributed by atoms with Gasteiger partial charge in [0.25, 0.3) is 5.91 Å². The lowest BCUT2D eigenvalue weighted by Gasteiger charge is -2.09. The van der Waals surface area contributed by atoms with Gasteiger partial charge in [-0.1, -0.05) is 59.6 Å². The van der Waals surface area contributed by atoms with Gasteiger partial charge in [0.2, 0.25) is 0 Å². The fraction of sp³-hybridized carbons (Fsp3) is 0.0417. The van der Waals surface area contributed by atoms with Gasteiger partial charge >= 0.3 is 0 Å². The van der Waals surface area contributed by atoms with E-state index in [0.29, 0.717) is 38.2 Å². The molecule has 7 heteroatoms. The summed E-state index contributed by atoms with van der Waals surface area (Å²) in [6.07, 6.45) is 1.53. The standard InChI is InChI=1S/C24H15Cl2NO4/c25-15-10-16(26)12-17(11-15)27-22(28)13-31-18-5-3-4-14(8-18)9-21-23(29)19-6-1-2-7-20(19)24(21)30/h1-12H,13H2,(H,27,28). The van der Waals surface area contributed by atoms with Gasteiger partial charge in [0.1, 0.15) is 5.75 Å². The van der Waals surface area contributed by atoms with E-state index in [2.05, 4.69) is 5.32 Å². The van der Waals surface area contributed by atoms with E-state index in [1.54, 1.807) is 66.7 Å². The highest BCUT2D eigenvalue weighted by atomic mass is 35.5. The fourth-order valence-electron chi connectivity index (χ4n) is 3.24. The Labute approximate surface area is 188 Å². The topological polar surface area (TPSA) is 72.5 Å². The second-order valence-corrected chi connectivity index (χ2v) is 7.70. The third kappa shape index (κ3) is 4.68. The number of hydrogen-bond acceptors (Lipinski definition) is 4. The van der Waals surface area contributed by atoms with Gasteiger partial charge in [-0.3, -0.25) is 14.4 Å². The van der Waals surface area contributed by atoms with E-state index < -0.39 is 5.91 Å². The Bertz CT molecular complexity index is 1190. The van der Waals surface area contributed by atoms with Crippen molar-refractivity contribution in [3.63, 3.8) is 0 Å². The summed E-state index contributed by atoms with van der Waals surface area (Å²) < 4.78 is 5.54. The lowest BCUT2D eigenvalue weighted by molar-refractivity contribution is -0.118. The molecule has 1 aliphatic carbocycles. The number of carbonyl (C=O) groups is 3. The Hall–Kier alpha value is -3.41. The molecule has 0 spiro atoms. The van der Waals surface area contributed by atoms with Gasteiger partial charge in [-0.25, -0.2) is 0 Å². The molecule has 0 unspecified atom stereocenters. The summed E-state index contributed by atoms with van der Waals surface area (Å²) in [5.41, 5.74) is 1.99. The minimum atomic E-state index is -0.390. The average molecular weight is 452 g/mol. The zero-order valence-corrected chi connectivity index (χ0v) is 17.5. The van der Waals surface area contributed by atoms with E-state index in [1.165, 1.54) is 6.08 Å². The number of halogens is 2. The van der Waals surface area contributed by atoms with Gasteiger partial charge in [-0.15, -0.1) is 0 Å². The molecule has 0 aromatic heterocycles. The lowest BCUT2D eigenvalue weighted by atomic mass is 10.1. The number of ketones is 2. The number of ether oxygens (including phenoxy) is 1. The van der Waals surface area contributed by atoms with E-state index >= 15 is 0 Å². The summed E-state index contributed by atoms with van der Waals surface area (Å²) in [6.45, 7) is -0.243. The Morgan fingerprint density at radius 3 is 2.16 bits per heavy atom. The van der Waals surface area contributed by atoms with Crippen molar-refractivity contribution in [1.29, 1.82) is 0 Å². The average Bonchev–Trinajstić information content (AvgIpc) is 2.97. The van der Waals surface area contributed by atoms with Crippen LogP contribution < -0.4 is 10.1 Å². The number of anilines is 1. The smallest absolute Gasteiger partial charge is 0.262 e. The molecule has 0 bridgehead atoms. The summed E-state index contributed by atoms with van der Waals surface area (Å²) in [5, 5.41) is 3.47. The van der Waals surface area contributed by atoms with Crippen LogP contribution in [0.2, 0.25) is 10.0 Å². The van der Waals surface area contributed by atoms with Crippen LogP contribution in [0, 0.1) is 0 Å². The molecule has 154 valence electrons. The monoisotopic (exact) mass is 451 g/mol. The molecule has 0 fully saturated rings.